The molecule has 0 radical (unpaired) electrons. The summed E-state index contributed by atoms with van der Waals surface area (Å²) in [7, 11) is 6.34. The maximum atomic E-state index is 13.0. The zero-order valence-electron chi connectivity index (χ0n) is 15.9. The van der Waals surface area contributed by atoms with Crippen molar-refractivity contribution < 1.29 is 19.0 Å². The summed E-state index contributed by atoms with van der Waals surface area (Å²) in [4.78, 5) is 17.7. The molecule has 0 saturated heterocycles. The number of hydrogen-bond donors (Lipinski definition) is 1. The Bertz CT molecular complexity index is 1030. The molecule has 0 atom stereocenters. The lowest BCUT2D eigenvalue weighted by atomic mass is 10.2. The zero-order valence-corrected chi connectivity index (χ0v) is 17.4. The summed E-state index contributed by atoms with van der Waals surface area (Å²) in [6, 6.07) is 8.79. The Labute approximate surface area is 172 Å². The van der Waals surface area contributed by atoms with Gasteiger partial charge < -0.3 is 24.1 Å². The molecular formula is C20H20Cl2N2O4. The van der Waals surface area contributed by atoms with Crippen molar-refractivity contribution in [2.45, 2.75) is 6.54 Å². The fraction of sp³-hybridized carbons (Fsp3) is 0.250. The second-order valence-corrected chi connectivity index (χ2v) is 6.95. The number of aromatic amines is 1. The van der Waals surface area contributed by atoms with E-state index in [2.05, 4.69) is 4.98 Å². The van der Waals surface area contributed by atoms with Gasteiger partial charge >= 0.3 is 0 Å². The van der Waals surface area contributed by atoms with E-state index in [0.29, 0.717) is 45.0 Å². The molecule has 2 aromatic carbocycles. The number of carbonyl (C=O) groups excluding carboxylic acids is 1. The van der Waals surface area contributed by atoms with E-state index in [1.165, 1.54) is 0 Å². The van der Waals surface area contributed by atoms with Crippen molar-refractivity contribution in [1.82, 2.24) is 9.88 Å². The predicted octanol–water partition coefficient (Wildman–Crippen LogP) is 4.77. The summed E-state index contributed by atoms with van der Waals surface area (Å²) in [5.41, 5.74) is 1.77. The van der Waals surface area contributed by atoms with Crippen molar-refractivity contribution in [3.8, 4) is 17.2 Å². The lowest BCUT2D eigenvalue weighted by Gasteiger charge is -2.17. The van der Waals surface area contributed by atoms with Crippen LogP contribution in [0.15, 0.2) is 30.3 Å². The van der Waals surface area contributed by atoms with Gasteiger partial charge in [0, 0.05) is 25.0 Å². The monoisotopic (exact) mass is 422 g/mol. The van der Waals surface area contributed by atoms with E-state index in [1.807, 2.05) is 6.07 Å². The molecule has 3 rings (SSSR count). The van der Waals surface area contributed by atoms with Crippen LogP contribution < -0.4 is 14.2 Å². The van der Waals surface area contributed by atoms with E-state index in [4.69, 9.17) is 37.4 Å². The highest BCUT2D eigenvalue weighted by Gasteiger charge is 2.21. The molecule has 1 heterocycles. The van der Waals surface area contributed by atoms with Gasteiger partial charge in [-0.3, -0.25) is 4.79 Å². The first-order chi connectivity index (χ1) is 13.4. The van der Waals surface area contributed by atoms with Gasteiger partial charge in [-0.05, 0) is 17.7 Å². The van der Waals surface area contributed by atoms with E-state index in [1.54, 1.807) is 57.5 Å². The lowest BCUT2D eigenvalue weighted by molar-refractivity contribution is 0.0780. The normalized spacial score (nSPS) is 10.8. The number of amides is 1. The van der Waals surface area contributed by atoms with E-state index in [0.717, 1.165) is 10.9 Å². The van der Waals surface area contributed by atoms with Gasteiger partial charge in [0.05, 0.1) is 36.9 Å². The quantitative estimate of drug-likeness (QED) is 0.620. The number of hydrogen-bond acceptors (Lipinski definition) is 4. The zero-order chi connectivity index (χ0) is 20.4. The number of nitrogens with one attached hydrogen (secondary N) is 1. The highest BCUT2D eigenvalue weighted by atomic mass is 35.5. The second-order valence-electron chi connectivity index (χ2n) is 6.16. The summed E-state index contributed by atoms with van der Waals surface area (Å²) in [5.74, 6) is 1.36. The van der Waals surface area contributed by atoms with Crippen molar-refractivity contribution >= 4 is 40.0 Å². The van der Waals surface area contributed by atoms with Crippen LogP contribution in [0.3, 0.4) is 0 Å². The Morgan fingerprint density at radius 3 is 2.43 bits per heavy atom. The summed E-state index contributed by atoms with van der Waals surface area (Å²) >= 11 is 12.3. The molecule has 0 aliphatic heterocycles. The van der Waals surface area contributed by atoms with Crippen LogP contribution >= 0.6 is 23.2 Å². The van der Waals surface area contributed by atoms with Crippen LogP contribution in [0.4, 0.5) is 0 Å². The minimum absolute atomic E-state index is 0.213. The van der Waals surface area contributed by atoms with Crippen LogP contribution in [-0.4, -0.2) is 44.2 Å². The smallest absolute Gasteiger partial charge is 0.270 e. The average molecular weight is 423 g/mol. The van der Waals surface area contributed by atoms with Crippen molar-refractivity contribution in [3.63, 3.8) is 0 Å². The number of H-pyrrole nitrogens is 1. The summed E-state index contributed by atoms with van der Waals surface area (Å²) in [6.45, 7) is 0.311. The number of aromatic nitrogens is 1. The van der Waals surface area contributed by atoms with Crippen LogP contribution in [0.1, 0.15) is 16.1 Å². The number of rotatable bonds is 6. The molecule has 1 N–H and O–H groups in total. The van der Waals surface area contributed by atoms with E-state index < -0.39 is 0 Å². The Balaban J connectivity index is 1.98. The Morgan fingerprint density at radius 1 is 1.07 bits per heavy atom. The molecule has 0 bridgehead atoms. The molecule has 1 aromatic heterocycles. The van der Waals surface area contributed by atoms with E-state index >= 15 is 0 Å². The standard InChI is InChI=1S/C20H20Cl2N2O4/c1-24(10-11-6-5-7-13(21)17(11)22)20(25)14-8-12-15(26-2)9-16(27-3)19(28-4)18(12)23-14/h5-9,23H,10H2,1-4H3. The topological polar surface area (TPSA) is 63.8 Å². The van der Waals surface area contributed by atoms with Gasteiger partial charge in [0.15, 0.2) is 11.5 Å². The number of nitrogens with zero attached hydrogens (tertiary/aromatic N) is 1. The molecule has 148 valence electrons. The summed E-state index contributed by atoms with van der Waals surface area (Å²) in [5, 5.41) is 1.61. The molecule has 6 nitrogen and oxygen atoms in total. The van der Waals surface area contributed by atoms with Crippen molar-refractivity contribution in [2.75, 3.05) is 28.4 Å². The number of ether oxygens (including phenoxy) is 3. The fourth-order valence-electron chi connectivity index (χ4n) is 3.06. The molecule has 28 heavy (non-hydrogen) atoms. The molecule has 0 unspecified atom stereocenters. The third-order valence-corrected chi connectivity index (χ3v) is 5.31. The molecule has 8 heteroatoms. The SMILES string of the molecule is COc1cc(OC)c2cc(C(=O)N(C)Cc3cccc(Cl)c3Cl)[nH]c2c1OC. The number of benzene rings is 2. The van der Waals surface area contributed by atoms with Crippen LogP contribution in [0, 0.1) is 0 Å². The minimum atomic E-state index is -0.213. The molecule has 0 aliphatic carbocycles. The average Bonchev–Trinajstić information content (AvgIpc) is 3.14. The number of fused-ring (bicyclic) bond motifs is 1. The molecule has 1 amide bonds. The summed E-state index contributed by atoms with van der Waals surface area (Å²) < 4.78 is 16.3. The molecule has 3 aromatic rings. The molecule has 0 saturated carbocycles. The Hall–Kier alpha value is -2.57. The highest BCUT2D eigenvalue weighted by Crippen LogP contribution is 2.41. The first-order valence-corrected chi connectivity index (χ1v) is 9.16. The van der Waals surface area contributed by atoms with E-state index in [9.17, 15) is 4.79 Å². The first kappa shape index (κ1) is 20.2. The lowest BCUT2D eigenvalue weighted by Crippen LogP contribution is -2.26. The number of carbonyl (C=O) groups is 1. The third-order valence-electron chi connectivity index (χ3n) is 4.46. The van der Waals surface area contributed by atoms with Crippen LogP contribution in [0.25, 0.3) is 10.9 Å². The fourth-order valence-corrected chi connectivity index (χ4v) is 3.44. The second kappa shape index (κ2) is 8.20. The maximum absolute atomic E-state index is 13.0. The third kappa shape index (κ3) is 3.57. The minimum Gasteiger partial charge on any atom is -0.496 e. The van der Waals surface area contributed by atoms with E-state index in [-0.39, 0.29) is 5.91 Å². The highest BCUT2D eigenvalue weighted by molar-refractivity contribution is 6.42. The van der Waals surface area contributed by atoms with Gasteiger partial charge in [-0.2, -0.15) is 0 Å². The van der Waals surface area contributed by atoms with Crippen molar-refractivity contribution in [1.29, 1.82) is 0 Å². The molecule has 0 aliphatic rings. The van der Waals surface area contributed by atoms with Crippen LogP contribution in [0.5, 0.6) is 17.2 Å². The van der Waals surface area contributed by atoms with Gasteiger partial charge in [-0.1, -0.05) is 35.3 Å². The van der Waals surface area contributed by atoms with Crippen molar-refractivity contribution in [2.24, 2.45) is 0 Å². The molecule has 0 spiro atoms. The number of methoxy groups -OCH3 is 3. The van der Waals surface area contributed by atoms with Crippen LogP contribution in [0.2, 0.25) is 10.0 Å². The first-order valence-electron chi connectivity index (χ1n) is 8.41. The predicted molar refractivity (Wildman–Crippen MR) is 110 cm³/mol. The van der Waals surface area contributed by atoms with Gasteiger partial charge in [0.25, 0.3) is 5.91 Å². The van der Waals surface area contributed by atoms with Gasteiger partial charge in [0.2, 0.25) is 0 Å². The molecule has 0 fully saturated rings. The Morgan fingerprint density at radius 2 is 1.79 bits per heavy atom. The summed E-state index contributed by atoms with van der Waals surface area (Å²) in [6.07, 6.45) is 0. The van der Waals surface area contributed by atoms with Crippen molar-refractivity contribution in [3.05, 3.63) is 51.6 Å². The molecular weight excluding hydrogens is 403 g/mol. The number of halogens is 2. The van der Waals surface area contributed by atoms with Gasteiger partial charge in [0.1, 0.15) is 11.4 Å². The maximum Gasteiger partial charge on any atom is 0.270 e. The Kier molecular flexibility index (Phi) is 5.91. The van der Waals surface area contributed by atoms with Gasteiger partial charge in [-0.15, -0.1) is 0 Å². The van der Waals surface area contributed by atoms with Gasteiger partial charge in [-0.25, -0.2) is 0 Å². The largest absolute Gasteiger partial charge is 0.496 e. The van der Waals surface area contributed by atoms with Crippen LogP contribution in [-0.2, 0) is 6.54 Å².